The first-order valence-electron chi connectivity index (χ1n) is 9.65. The van der Waals surface area contributed by atoms with Crippen LogP contribution in [0.4, 0.5) is 14.6 Å². The van der Waals surface area contributed by atoms with Crippen LogP contribution in [0.15, 0.2) is 30.6 Å². The van der Waals surface area contributed by atoms with Crippen LogP contribution in [0.5, 0.6) is 5.75 Å². The highest BCUT2D eigenvalue weighted by Crippen LogP contribution is 2.34. The molecule has 3 aromatic rings. The molecule has 8 heteroatoms. The molecule has 154 valence electrons. The Morgan fingerprint density at radius 1 is 1.14 bits per heavy atom. The van der Waals surface area contributed by atoms with E-state index in [2.05, 4.69) is 9.97 Å². The summed E-state index contributed by atoms with van der Waals surface area (Å²) in [6.45, 7) is 6.53. The summed E-state index contributed by atoms with van der Waals surface area (Å²) in [5.74, 6) is -0.804. The summed E-state index contributed by atoms with van der Waals surface area (Å²) in [5.41, 5.74) is 1.96. The van der Waals surface area contributed by atoms with E-state index >= 15 is 0 Å². The monoisotopic (exact) mass is 401 g/mol. The summed E-state index contributed by atoms with van der Waals surface area (Å²) in [5, 5.41) is 0. The van der Waals surface area contributed by atoms with Crippen molar-refractivity contribution in [1.29, 1.82) is 0 Å². The fraction of sp³-hybridized carbons (Fsp3) is 0.476. The maximum Gasteiger partial charge on any atom is 0.266 e. The smallest absolute Gasteiger partial charge is 0.266 e. The first kappa shape index (κ1) is 19.5. The van der Waals surface area contributed by atoms with Crippen molar-refractivity contribution in [1.82, 2.24) is 19.5 Å². The predicted molar refractivity (Wildman–Crippen MR) is 108 cm³/mol. The van der Waals surface area contributed by atoms with Gasteiger partial charge in [-0.2, -0.15) is 0 Å². The highest BCUT2D eigenvalue weighted by Gasteiger charge is 2.40. The van der Waals surface area contributed by atoms with Crippen LogP contribution in [0.25, 0.3) is 11.2 Å². The van der Waals surface area contributed by atoms with Crippen molar-refractivity contribution in [2.75, 3.05) is 25.1 Å². The minimum absolute atomic E-state index is 0.171. The van der Waals surface area contributed by atoms with Gasteiger partial charge in [0.25, 0.3) is 5.92 Å². The molecule has 1 aliphatic rings. The number of nitrogens with zero attached hydrogens (tertiary/aromatic N) is 5. The quantitative estimate of drug-likeness (QED) is 0.661. The summed E-state index contributed by atoms with van der Waals surface area (Å²) in [6, 6.07) is 7.78. The predicted octanol–water partition coefficient (Wildman–Crippen LogP) is 4.03. The Bertz CT molecular complexity index is 1020. The van der Waals surface area contributed by atoms with Gasteiger partial charge in [0, 0.05) is 18.4 Å². The molecule has 0 atom stereocenters. The van der Waals surface area contributed by atoms with Crippen molar-refractivity contribution in [3.05, 3.63) is 42.0 Å². The summed E-state index contributed by atoms with van der Waals surface area (Å²) >= 11 is 0. The Hall–Kier alpha value is -2.77. The number of rotatable bonds is 4. The lowest BCUT2D eigenvalue weighted by molar-refractivity contribution is 0.0257. The van der Waals surface area contributed by atoms with Crippen LogP contribution >= 0.6 is 0 Å². The maximum atomic E-state index is 13.8. The summed E-state index contributed by atoms with van der Waals surface area (Å²) in [4.78, 5) is 15.5. The van der Waals surface area contributed by atoms with Gasteiger partial charge >= 0.3 is 0 Å². The van der Waals surface area contributed by atoms with Crippen LogP contribution in [0, 0.1) is 0 Å². The Labute approximate surface area is 168 Å². The van der Waals surface area contributed by atoms with Crippen molar-refractivity contribution in [3.63, 3.8) is 0 Å². The molecule has 0 radical (unpaired) electrons. The number of methoxy groups -OCH3 is 1. The number of anilines is 1. The molecule has 0 spiro atoms. The molecule has 1 aromatic carbocycles. The Morgan fingerprint density at radius 2 is 1.86 bits per heavy atom. The molecule has 29 heavy (non-hydrogen) atoms. The van der Waals surface area contributed by atoms with E-state index in [-0.39, 0.29) is 24.9 Å². The Balaban J connectivity index is 1.78. The molecular weight excluding hydrogens is 376 g/mol. The van der Waals surface area contributed by atoms with Gasteiger partial charge in [-0.15, -0.1) is 0 Å². The normalized spacial score (nSPS) is 16.6. The molecule has 0 amide bonds. The molecule has 0 bridgehead atoms. The number of hydrogen-bond donors (Lipinski definition) is 0. The average Bonchev–Trinajstić information content (AvgIpc) is 3.24. The van der Waals surface area contributed by atoms with Gasteiger partial charge in [0.2, 0.25) is 0 Å². The van der Waals surface area contributed by atoms with Crippen LogP contribution in [0.3, 0.4) is 0 Å². The molecule has 1 fully saturated rings. The van der Waals surface area contributed by atoms with E-state index in [0.29, 0.717) is 29.4 Å². The molecular formula is C21H25F2N5O. The highest BCUT2D eigenvalue weighted by atomic mass is 19.3. The fourth-order valence-electron chi connectivity index (χ4n) is 3.45. The highest BCUT2D eigenvalue weighted by molar-refractivity contribution is 5.84. The number of ether oxygens (including phenoxy) is 1. The zero-order chi connectivity index (χ0) is 20.8. The molecule has 0 N–H and O–H groups in total. The van der Waals surface area contributed by atoms with Crippen LogP contribution in [-0.4, -0.2) is 45.6 Å². The first-order chi connectivity index (χ1) is 13.7. The Kier molecular flexibility index (Phi) is 4.67. The van der Waals surface area contributed by atoms with E-state index in [1.54, 1.807) is 18.3 Å². The van der Waals surface area contributed by atoms with Gasteiger partial charge in [0.1, 0.15) is 11.6 Å². The molecule has 6 nitrogen and oxygen atoms in total. The fourth-order valence-corrected chi connectivity index (χ4v) is 3.45. The lowest BCUT2D eigenvalue weighted by atomic mass is 9.96. The van der Waals surface area contributed by atoms with Crippen molar-refractivity contribution < 1.29 is 13.5 Å². The van der Waals surface area contributed by atoms with Gasteiger partial charge < -0.3 is 14.2 Å². The molecule has 2 aromatic heterocycles. The van der Waals surface area contributed by atoms with Crippen LogP contribution in [0.2, 0.25) is 0 Å². The van der Waals surface area contributed by atoms with Gasteiger partial charge in [-0.1, -0.05) is 32.9 Å². The van der Waals surface area contributed by atoms with E-state index in [1.807, 2.05) is 49.6 Å². The SMILES string of the molecule is COc1ccc(Cn2cnc3c(N4CCC(F)(F)C4)nc(C(C)(C)C)nc32)cc1. The number of aromatic nitrogens is 4. The van der Waals surface area contributed by atoms with E-state index in [0.717, 1.165) is 11.3 Å². The number of imidazole rings is 1. The van der Waals surface area contributed by atoms with E-state index in [4.69, 9.17) is 9.72 Å². The number of hydrogen-bond acceptors (Lipinski definition) is 5. The van der Waals surface area contributed by atoms with Gasteiger partial charge in [-0.3, -0.25) is 0 Å². The molecule has 0 aliphatic carbocycles. The van der Waals surface area contributed by atoms with Crippen LogP contribution in [0.1, 0.15) is 38.6 Å². The standard InChI is InChI=1S/C21H25F2N5O/c1-20(2,3)19-25-17(27-10-9-21(22,23)12-27)16-18(26-19)28(13-24-16)11-14-5-7-15(29-4)8-6-14/h5-8,13H,9-12H2,1-4H3. The number of benzene rings is 1. The second-order valence-electron chi connectivity index (χ2n) is 8.54. The minimum atomic E-state index is -2.70. The molecule has 4 rings (SSSR count). The van der Waals surface area contributed by atoms with E-state index in [9.17, 15) is 8.78 Å². The summed E-state index contributed by atoms with van der Waals surface area (Å²) < 4.78 is 34.8. The molecule has 3 heterocycles. The van der Waals surface area contributed by atoms with Gasteiger partial charge in [0.05, 0.1) is 26.5 Å². The first-order valence-corrected chi connectivity index (χ1v) is 9.65. The van der Waals surface area contributed by atoms with Gasteiger partial charge in [0.15, 0.2) is 17.0 Å². The minimum Gasteiger partial charge on any atom is -0.497 e. The second-order valence-corrected chi connectivity index (χ2v) is 8.54. The van der Waals surface area contributed by atoms with Crippen LogP contribution in [-0.2, 0) is 12.0 Å². The number of halogens is 2. The molecule has 1 saturated heterocycles. The topological polar surface area (TPSA) is 56.1 Å². The molecule has 0 unspecified atom stereocenters. The van der Waals surface area contributed by atoms with Crippen LogP contribution < -0.4 is 9.64 Å². The lowest BCUT2D eigenvalue weighted by Gasteiger charge is -2.22. The van der Waals surface area contributed by atoms with Crippen molar-refractivity contribution in [2.24, 2.45) is 0 Å². The van der Waals surface area contributed by atoms with E-state index < -0.39 is 5.92 Å². The lowest BCUT2D eigenvalue weighted by Crippen LogP contribution is -2.27. The summed E-state index contributed by atoms with van der Waals surface area (Å²) in [6.07, 6.45) is 1.53. The summed E-state index contributed by atoms with van der Waals surface area (Å²) in [7, 11) is 1.63. The van der Waals surface area contributed by atoms with Crippen molar-refractivity contribution >= 4 is 17.0 Å². The van der Waals surface area contributed by atoms with Gasteiger partial charge in [-0.05, 0) is 17.7 Å². The number of fused-ring (bicyclic) bond motifs is 1. The maximum absolute atomic E-state index is 13.8. The van der Waals surface area contributed by atoms with E-state index in [1.165, 1.54) is 0 Å². The average molecular weight is 401 g/mol. The zero-order valence-corrected chi connectivity index (χ0v) is 17.1. The van der Waals surface area contributed by atoms with Crippen molar-refractivity contribution in [3.8, 4) is 5.75 Å². The van der Waals surface area contributed by atoms with Crippen molar-refractivity contribution in [2.45, 2.75) is 45.1 Å². The second kappa shape index (κ2) is 6.93. The molecule has 1 aliphatic heterocycles. The number of alkyl halides is 2. The molecule has 0 saturated carbocycles. The zero-order valence-electron chi connectivity index (χ0n) is 17.1. The van der Waals surface area contributed by atoms with Gasteiger partial charge in [-0.25, -0.2) is 23.7 Å². The third-order valence-electron chi connectivity index (χ3n) is 5.10. The largest absolute Gasteiger partial charge is 0.497 e. The third-order valence-corrected chi connectivity index (χ3v) is 5.10. The Morgan fingerprint density at radius 3 is 2.45 bits per heavy atom. The third kappa shape index (κ3) is 3.88.